The average Bonchev–Trinajstić information content (AvgIpc) is 2.63. The van der Waals surface area contributed by atoms with E-state index in [1.807, 2.05) is 9.80 Å². The SMILES string of the molecule is CO[C@@H]1CN2CC(=O)NC[C@@H]3CN(CC(=O)NC[C@H](C2)O1)C[C@@H](OC)O3. The van der Waals surface area contributed by atoms with Crippen LogP contribution in [0.15, 0.2) is 0 Å². The van der Waals surface area contributed by atoms with Crippen LogP contribution in [0, 0.1) is 0 Å². The third-order valence-corrected chi connectivity index (χ3v) is 4.74. The normalized spacial score (nSPS) is 39.5. The Morgan fingerprint density at radius 3 is 1.62 bits per heavy atom. The lowest BCUT2D eigenvalue weighted by molar-refractivity contribution is -0.201. The fourth-order valence-corrected chi connectivity index (χ4v) is 3.47. The van der Waals surface area contributed by atoms with Crippen LogP contribution in [-0.4, -0.2) is 113 Å². The van der Waals surface area contributed by atoms with Gasteiger partial charge in [-0.3, -0.25) is 19.4 Å². The summed E-state index contributed by atoms with van der Waals surface area (Å²) in [6.45, 7) is 3.37. The lowest BCUT2D eigenvalue weighted by atomic mass is 10.2. The van der Waals surface area contributed by atoms with Crippen LogP contribution in [-0.2, 0) is 28.5 Å². The molecule has 3 saturated heterocycles. The van der Waals surface area contributed by atoms with Crippen molar-refractivity contribution in [1.29, 1.82) is 0 Å². The van der Waals surface area contributed by atoms with Gasteiger partial charge in [0.1, 0.15) is 0 Å². The number of nitrogens with one attached hydrogen (secondary N) is 2. The van der Waals surface area contributed by atoms with Crippen LogP contribution in [0.2, 0.25) is 0 Å². The molecule has 3 heterocycles. The van der Waals surface area contributed by atoms with Crippen molar-refractivity contribution in [3.63, 3.8) is 0 Å². The molecule has 6 atom stereocenters. The van der Waals surface area contributed by atoms with Gasteiger partial charge in [-0.1, -0.05) is 0 Å². The van der Waals surface area contributed by atoms with Crippen molar-refractivity contribution >= 4 is 11.8 Å². The molecule has 10 nitrogen and oxygen atoms in total. The van der Waals surface area contributed by atoms with Crippen LogP contribution in [0.4, 0.5) is 0 Å². The number of amides is 2. The summed E-state index contributed by atoms with van der Waals surface area (Å²) in [7, 11) is 3.14. The second-order valence-electron chi connectivity index (χ2n) is 6.84. The predicted molar refractivity (Wildman–Crippen MR) is 90.2 cm³/mol. The predicted octanol–water partition coefficient (Wildman–Crippen LogP) is -2.42. The molecule has 148 valence electrons. The fraction of sp³-hybridized carbons (Fsp3) is 0.875. The molecule has 2 unspecified atom stereocenters. The largest absolute Gasteiger partial charge is 0.355 e. The summed E-state index contributed by atoms with van der Waals surface area (Å²) in [4.78, 5) is 28.6. The maximum atomic E-state index is 12.3. The second kappa shape index (κ2) is 9.07. The van der Waals surface area contributed by atoms with Crippen molar-refractivity contribution in [2.24, 2.45) is 0 Å². The van der Waals surface area contributed by atoms with Gasteiger partial charge in [0.2, 0.25) is 11.8 Å². The maximum absolute atomic E-state index is 12.3. The molecule has 2 N–H and O–H groups in total. The van der Waals surface area contributed by atoms with Crippen molar-refractivity contribution in [3.8, 4) is 0 Å². The Morgan fingerprint density at radius 1 is 0.808 bits per heavy atom. The van der Waals surface area contributed by atoms with Gasteiger partial charge in [-0.15, -0.1) is 0 Å². The van der Waals surface area contributed by atoms with Crippen molar-refractivity contribution in [2.45, 2.75) is 24.8 Å². The van der Waals surface area contributed by atoms with Gasteiger partial charge in [0.15, 0.2) is 12.6 Å². The zero-order chi connectivity index (χ0) is 18.5. The van der Waals surface area contributed by atoms with Gasteiger partial charge in [-0.25, -0.2) is 0 Å². The monoisotopic (exact) mass is 372 g/mol. The van der Waals surface area contributed by atoms with E-state index in [4.69, 9.17) is 18.9 Å². The van der Waals surface area contributed by atoms with E-state index in [-0.39, 0.29) is 37.1 Å². The standard InChI is InChI=1S/C16H28N4O6/c1-23-15-9-19-5-11(25-15)3-17-14(22)8-20-6-12(4-18-13(21)7-19)26-16(10-20)24-2/h11-12,15-16H,3-10H2,1-2H3,(H,17,22)(H,18,21)/t11-,12-,15+,16+/m1/s1. The number of methoxy groups -OCH3 is 2. The topological polar surface area (TPSA) is 102 Å². The highest BCUT2D eigenvalue weighted by molar-refractivity contribution is 5.78. The van der Waals surface area contributed by atoms with E-state index in [0.717, 1.165) is 0 Å². The summed E-state index contributed by atoms with van der Waals surface area (Å²) in [6, 6.07) is 0. The number of rotatable bonds is 2. The molecule has 0 radical (unpaired) electrons. The summed E-state index contributed by atoms with van der Waals surface area (Å²) in [5.74, 6) is -0.146. The van der Waals surface area contributed by atoms with E-state index in [0.29, 0.717) is 39.3 Å². The number of hydrogen-bond acceptors (Lipinski definition) is 8. The van der Waals surface area contributed by atoms with Gasteiger partial charge >= 0.3 is 0 Å². The Morgan fingerprint density at radius 2 is 1.23 bits per heavy atom. The molecule has 4 bridgehead atoms. The van der Waals surface area contributed by atoms with Crippen LogP contribution in [0.5, 0.6) is 0 Å². The lowest BCUT2D eigenvalue weighted by Gasteiger charge is -2.39. The van der Waals surface area contributed by atoms with Crippen LogP contribution in [0.3, 0.4) is 0 Å². The Bertz CT molecular complexity index is 463. The van der Waals surface area contributed by atoms with Gasteiger partial charge in [0, 0.05) is 40.4 Å². The number of nitrogens with zero attached hydrogens (tertiary/aromatic N) is 2. The highest BCUT2D eigenvalue weighted by atomic mass is 16.7. The molecular formula is C16H28N4O6. The molecule has 10 heteroatoms. The van der Waals surface area contributed by atoms with E-state index < -0.39 is 12.6 Å². The zero-order valence-corrected chi connectivity index (χ0v) is 15.3. The molecule has 0 aromatic rings. The number of fused-ring (bicyclic) bond motifs is 4. The molecular weight excluding hydrogens is 344 g/mol. The molecule has 0 aromatic carbocycles. The van der Waals surface area contributed by atoms with Crippen LogP contribution < -0.4 is 10.6 Å². The third-order valence-electron chi connectivity index (χ3n) is 4.74. The first-order valence-electron chi connectivity index (χ1n) is 8.90. The van der Waals surface area contributed by atoms with Crippen molar-refractivity contribution in [1.82, 2.24) is 20.4 Å². The van der Waals surface area contributed by atoms with Crippen LogP contribution in [0.1, 0.15) is 0 Å². The Labute approximate surface area is 153 Å². The summed E-state index contributed by atoms with van der Waals surface area (Å²) < 4.78 is 22.2. The third kappa shape index (κ3) is 5.35. The highest BCUT2D eigenvalue weighted by Crippen LogP contribution is 2.13. The van der Waals surface area contributed by atoms with Gasteiger partial charge in [-0.2, -0.15) is 0 Å². The zero-order valence-electron chi connectivity index (χ0n) is 15.3. The van der Waals surface area contributed by atoms with Crippen LogP contribution in [0.25, 0.3) is 0 Å². The fourth-order valence-electron chi connectivity index (χ4n) is 3.47. The lowest BCUT2D eigenvalue weighted by Crippen LogP contribution is -2.57. The summed E-state index contributed by atoms with van der Waals surface area (Å²) in [6.07, 6.45) is -1.28. The molecule has 3 rings (SSSR count). The minimum atomic E-state index is -0.416. The number of carbonyl (C=O) groups excluding carboxylic acids is 2. The summed E-state index contributed by atoms with van der Waals surface area (Å²) >= 11 is 0. The molecule has 3 fully saturated rings. The van der Waals surface area contributed by atoms with E-state index in [1.54, 1.807) is 14.2 Å². The Balaban J connectivity index is 1.68. The van der Waals surface area contributed by atoms with E-state index >= 15 is 0 Å². The van der Waals surface area contributed by atoms with E-state index in [2.05, 4.69) is 10.6 Å². The highest BCUT2D eigenvalue weighted by Gasteiger charge is 2.32. The first-order chi connectivity index (χ1) is 12.6. The van der Waals surface area contributed by atoms with Crippen LogP contribution >= 0.6 is 0 Å². The maximum Gasteiger partial charge on any atom is 0.234 e. The second-order valence-corrected chi connectivity index (χ2v) is 6.84. The van der Waals surface area contributed by atoms with Crippen molar-refractivity contribution < 1.29 is 28.5 Å². The number of carbonyl (C=O) groups is 2. The average molecular weight is 372 g/mol. The van der Waals surface area contributed by atoms with Gasteiger partial charge < -0.3 is 29.6 Å². The molecule has 3 aliphatic rings. The van der Waals surface area contributed by atoms with Crippen molar-refractivity contribution in [2.75, 3.05) is 66.6 Å². The summed E-state index contributed by atoms with van der Waals surface area (Å²) in [5, 5.41) is 5.83. The smallest absolute Gasteiger partial charge is 0.234 e. The number of ether oxygens (including phenoxy) is 4. The van der Waals surface area contributed by atoms with Gasteiger partial charge in [-0.05, 0) is 0 Å². The first-order valence-corrected chi connectivity index (χ1v) is 8.90. The molecule has 0 spiro atoms. The quantitative estimate of drug-likeness (QED) is 0.552. The first kappa shape index (κ1) is 19.5. The Hall–Kier alpha value is -1.30. The van der Waals surface area contributed by atoms with E-state index in [9.17, 15) is 9.59 Å². The molecule has 0 aromatic heterocycles. The molecule has 0 aliphatic carbocycles. The minimum absolute atomic E-state index is 0.0729. The molecule has 0 saturated carbocycles. The molecule has 2 amide bonds. The molecule has 26 heavy (non-hydrogen) atoms. The number of morpholine rings is 2. The van der Waals surface area contributed by atoms with Gasteiger partial charge in [0.25, 0.3) is 0 Å². The van der Waals surface area contributed by atoms with Gasteiger partial charge in [0.05, 0.1) is 38.4 Å². The minimum Gasteiger partial charge on any atom is -0.355 e. The Kier molecular flexibility index (Phi) is 6.79. The molecule has 3 aliphatic heterocycles. The number of hydrogen-bond donors (Lipinski definition) is 2. The van der Waals surface area contributed by atoms with E-state index in [1.165, 1.54) is 0 Å². The van der Waals surface area contributed by atoms with Crippen molar-refractivity contribution in [3.05, 3.63) is 0 Å². The summed E-state index contributed by atoms with van der Waals surface area (Å²) in [5.41, 5.74) is 0.